The van der Waals surface area contributed by atoms with Gasteiger partial charge in [-0.05, 0) is 17.3 Å². The van der Waals surface area contributed by atoms with Gasteiger partial charge in [0.15, 0.2) is 0 Å². The Morgan fingerprint density at radius 2 is 1.47 bits per heavy atom. The summed E-state index contributed by atoms with van der Waals surface area (Å²) < 4.78 is 0. The third-order valence-electron chi connectivity index (χ3n) is 1.97. The van der Waals surface area contributed by atoms with Crippen molar-refractivity contribution in [1.29, 1.82) is 0 Å². The Balaban J connectivity index is 0. The lowest BCUT2D eigenvalue weighted by molar-refractivity contribution is -0.131. The van der Waals surface area contributed by atoms with E-state index in [0.29, 0.717) is 10.8 Å². The van der Waals surface area contributed by atoms with Crippen LogP contribution in [0.15, 0.2) is 0 Å². The number of hydrogen-bond donors (Lipinski definition) is 0. The van der Waals surface area contributed by atoms with Gasteiger partial charge in [-0.2, -0.15) is 5.06 Å². The SMILES string of the molecule is CON(C)CC(C)(C)CC(C)(C)C.II. The number of nitrogens with zero attached hydrogens (tertiary/aromatic N) is 1. The van der Waals surface area contributed by atoms with Gasteiger partial charge in [-0.15, -0.1) is 0 Å². The fourth-order valence-electron chi connectivity index (χ4n) is 2.16. The molecule has 0 heterocycles. The first-order valence-electron chi connectivity index (χ1n) is 5.06. The Morgan fingerprint density at radius 1 is 1.07 bits per heavy atom. The van der Waals surface area contributed by atoms with Gasteiger partial charge in [-0.1, -0.05) is 34.6 Å². The maximum atomic E-state index is 5.13. The van der Waals surface area contributed by atoms with E-state index < -0.39 is 0 Å². The van der Waals surface area contributed by atoms with Crippen LogP contribution in [0, 0.1) is 10.8 Å². The van der Waals surface area contributed by atoms with Crippen molar-refractivity contribution in [2.24, 2.45) is 10.8 Å². The molecule has 4 heteroatoms. The third kappa shape index (κ3) is 13.3. The van der Waals surface area contributed by atoms with Crippen molar-refractivity contribution in [3.05, 3.63) is 0 Å². The Kier molecular flexibility index (Phi) is 10.6. The molecule has 0 aromatic heterocycles. The number of hydroxylamine groups is 2. The first-order chi connectivity index (χ1) is 6.66. The second kappa shape index (κ2) is 8.47. The molecule has 0 N–H and O–H groups in total. The molecule has 0 aromatic carbocycles. The minimum Gasteiger partial charge on any atom is -0.303 e. The van der Waals surface area contributed by atoms with Gasteiger partial charge in [-0.25, -0.2) is 0 Å². The van der Waals surface area contributed by atoms with Crippen molar-refractivity contribution < 1.29 is 4.84 Å². The molecule has 0 atom stereocenters. The van der Waals surface area contributed by atoms with Crippen LogP contribution in [0.5, 0.6) is 0 Å². The van der Waals surface area contributed by atoms with E-state index >= 15 is 0 Å². The van der Waals surface area contributed by atoms with Crippen LogP contribution in [-0.2, 0) is 4.84 Å². The maximum Gasteiger partial charge on any atom is 0.0575 e. The largest absolute Gasteiger partial charge is 0.303 e. The second-order valence-corrected chi connectivity index (χ2v) is 5.87. The zero-order valence-corrected chi connectivity index (χ0v) is 15.3. The summed E-state index contributed by atoms with van der Waals surface area (Å²) in [6, 6.07) is 0. The van der Waals surface area contributed by atoms with E-state index in [1.807, 2.05) is 12.1 Å². The maximum absolute atomic E-state index is 5.13. The van der Waals surface area contributed by atoms with E-state index in [4.69, 9.17) is 4.84 Å². The molecule has 2 nitrogen and oxygen atoms in total. The van der Waals surface area contributed by atoms with Crippen LogP contribution in [0.1, 0.15) is 41.0 Å². The summed E-state index contributed by atoms with van der Waals surface area (Å²) in [6.45, 7) is 12.4. The molecule has 0 rings (SSSR count). The first-order valence-corrected chi connectivity index (χ1v) is 11.3. The lowest BCUT2D eigenvalue weighted by atomic mass is 9.76. The molecule has 15 heavy (non-hydrogen) atoms. The Labute approximate surface area is 119 Å². The van der Waals surface area contributed by atoms with Gasteiger partial charge < -0.3 is 4.84 Å². The molecule has 0 radical (unpaired) electrons. The molecule has 0 aliphatic rings. The summed E-state index contributed by atoms with van der Waals surface area (Å²) in [5, 5.41) is 1.89. The number of halogens is 2. The van der Waals surface area contributed by atoms with Gasteiger partial charge in [0, 0.05) is 50.8 Å². The summed E-state index contributed by atoms with van der Waals surface area (Å²) in [6.07, 6.45) is 1.20. The number of hydrogen-bond acceptors (Lipinski definition) is 2. The van der Waals surface area contributed by atoms with Crippen molar-refractivity contribution in [3.8, 4) is 0 Å². The molecular formula is C11H25I2NO. The van der Waals surface area contributed by atoms with E-state index in [1.165, 1.54) is 6.42 Å². The van der Waals surface area contributed by atoms with E-state index in [0.717, 1.165) is 6.54 Å². The smallest absolute Gasteiger partial charge is 0.0575 e. The Bertz CT molecular complexity index is 155. The highest BCUT2D eigenvalue weighted by atomic mass is 128. The van der Waals surface area contributed by atoms with Gasteiger partial charge in [0.25, 0.3) is 0 Å². The standard InChI is InChI=1S/C11H25NO.I2/c1-10(2,3)8-11(4,5)9-12(6)13-7;1-2/h8-9H2,1-7H3;. The summed E-state index contributed by atoms with van der Waals surface area (Å²) in [5.74, 6) is 0. The van der Waals surface area contributed by atoms with Gasteiger partial charge in [-0.3, -0.25) is 0 Å². The lowest BCUT2D eigenvalue weighted by Crippen LogP contribution is -2.33. The normalized spacial score (nSPS) is 12.4. The fourth-order valence-corrected chi connectivity index (χ4v) is 2.16. The predicted octanol–water partition coefficient (Wildman–Crippen LogP) is 4.71. The molecule has 0 fully saturated rings. The van der Waals surface area contributed by atoms with Crippen LogP contribution < -0.4 is 0 Å². The summed E-state index contributed by atoms with van der Waals surface area (Å²) >= 11 is 4.24. The zero-order valence-electron chi connectivity index (χ0n) is 11.0. The molecular weight excluding hydrogens is 416 g/mol. The topological polar surface area (TPSA) is 12.5 Å². The van der Waals surface area contributed by atoms with E-state index in [9.17, 15) is 0 Å². The fraction of sp³-hybridized carbons (Fsp3) is 1.00. The molecule has 0 amide bonds. The van der Waals surface area contributed by atoms with Crippen LogP contribution >= 0.6 is 37.2 Å². The first kappa shape index (κ1) is 18.7. The molecule has 0 bridgehead atoms. The average Bonchev–Trinajstić information content (AvgIpc) is 2.02. The minimum atomic E-state index is 0.309. The van der Waals surface area contributed by atoms with Gasteiger partial charge in [0.05, 0.1) is 7.11 Å². The van der Waals surface area contributed by atoms with Crippen molar-refractivity contribution in [2.45, 2.75) is 41.0 Å². The molecule has 0 aromatic rings. The van der Waals surface area contributed by atoms with Gasteiger partial charge >= 0.3 is 0 Å². The highest BCUT2D eigenvalue weighted by Gasteiger charge is 2.26. The van der Waals surface area contributed by atoms with Crippen molar-refractivity contribution in [1.82, 2.24) is 5.06 Å². The van der Waals surface area contributed by atoms with Crippen molar-refractivity contribution in [3.63, 3.8) is 0 Å². The average molecular weight is 441 g/mol. The van der Waals surface area contributed by atoms with Gasteiger partial charge in [0.1, 0.15) is 0 Å². The van der Waals surface area contributed by atoms with Crippen LogP contribution in [0.2, 0.25) is 0 Å². The highest BCUT2D eigenvalue weighted by Crippen LogP contribution is 2.33. The van der Waals surface area contributed by atoms with Crippen LogP contribution in [0.25, 0.3) is 0 Å². The van der Waals surface area contributed by atoms with Crippen LogP contribution in [-0.4, -0.2) is 25.8 Å². The van der Waals surface area contributed by atoms with E-state index in [-0.39, 0.29) is 0 Å². The van der Waals surface area contributed by atoms with Crippen molar-refractivity contribution in [2.75, 3.05) is 20.7 Å². The molecule has 0 aliphatic heterocycles. The quantitative estimate of drug-likeness (QED) is 0.463. The Morgan fingerprint density at radius 3 is 1.73 bits per heavy atom. The molecule has 0 saturated heterocycles. The minimum absolute atomic E-state index is 0.309. The zero-order chi connectivity index (χ0) is 12.7. The summed E-state index contributed by atoms with van der Waals surface area (Å²) in [7, 11) is 3.69. The predicted molar refractivity (Wildman–Crippen MR) is 85.5 cm³/mol. The third-order valence-corrected chi connectivity index (χ3v) is 1.97. The number of rotatable bonds is 4. The summed E-state index contributed by atoms with van der Waals surface area (Å²) in [5.41, 5.74) is 0.696. The van der Waals surface area contributed by atoms with Crippen molar-refractivity contribution >= 4 is 37.2 Å². The molecule has 0 unspecified atom stereocenters. The van der Waals surface area contributed by atoms with E-state index in [1.54, 1.807) is 7.11 Å². The monoisotopic (exact) mass is 441 g/mol. The van der Waals surface area contributed by atoms with E-state index in [2.05, 4.69) is 71.9 Å². The van der Waals surface area contributed by atoms with Crippen LogP contribution in [0.4, 0.5) is 0 Å². The molecule has 0 aliphatic carbocycles. The highest BCUT2D eigenvalue weighted by molar-refractivity contribution is 15.0. The Hall–Kier alpha value is 1.38. The van der Waals surface area contributed by atoms with Crippen LogP contribution in [0.3, 0.4) is 0 Å². The second-order valence-electron chi connectivity index (χ2n) is 5.87. The lowest BCUT2D eigenvalue weighted by Gasteiger charge is -2.34. The molecule has 94 valence electrons. The molecule has 0 saturated carbocycles. The summed E-state index contributed by atoms with van der Waals surface area (Å²) in [4.78, 5) is 5.13. The molecule has 0 spiro atoms. The van der Waals surface area contributed by atoms with Gasteiger partial charge in [0.2, 0.25) is 0 Å².